The van der Waals surface area contributed by atoms with Crippen molar-refractivity contribution in [1.29, 1.82) is 5.41 Å². The number of benzene rings is 1. The second kappa shape index (κ2) is 10.8. The monoisotopic (exact) mass is 521 g/mol. The van der Waals surface area contributed by atoms with Crippen LogP contribution >= 0.6 is 0 Å². The third-order valence-corrected chi connectivity index (χ3v) is 7.45. The average Bonchev–Trinajstić information content (AvgIpc) is 3.15. The zero-order valence-corrected chi connectivity index (χ0v) is 24.0. The quantitative estimate of drug-likeness (QED) is 0.433. The molecule has 206 valence electrons. The number of aryl methyl sites for hydroxylation is 1. The molecular weight excluding hydrogens is 478 g/mol. The molecular formula is C31H43N3O4. The van der Waals surface area contributed by atoms with Crippen molar-refractivity contribution in [2.45, 2.75) is 104 Å². The molecule has 7 nitrogen and oxygen atoms in total. The van der Waals surface area contributed by atoms with E-state index in [0.717, 1.165) is 60.2 Å². The Kier molecular flexibility index (Phi) is 8.01. The van der Waals surface area contributed by atoms with E-state index in [2.05, 4.69) is 13.0 Å². The minimum Gasteiger partial charge on any atom is -0.507 e. The Morgan fingerprint density at radius 2 is 1.79 bits per heavy atom. The van der Waals surface area contributed by atoms with Gasteiger partial charge in [-0.1, -0.05) is 48.5 Å². The minimum absolute atomic E-state index is 0.0766. The Balaban J connectivity index is 1.55. The molecule has 0 amide bonds. The van der Waals surface area contributed by atoms with Gasteiger partial charge >= 0.3 is 0 Å². The highest BCUT2D eigenvalue weighted by Gasteiger charge is 2.31. The molecule has 1 aromatic carbocycles. The van der Waals surface area contributed by atoms with Crippen molar-refractivity contribution in [2.24, 2.45) is 0 Å². The molecule has 3 heterocycles. The van der Waals surface area contributed by atoms with Crippen LogP contribution in [0, 0.1) is 5.41 Å². The summed E-state index contributed by atoms with van der Waals surface area (Å²) in [5.41, 5.74) is 4.96. The molecule has 1 aromatic heterocycles. The van der Waals surface area contributed by atoms with Crippen molar-refractivity contribution in [3.05, 3.63) is 57.4 Å². The number of nitrogens with zero attached hydrogens (tertiary/aromatic N) is 2. The average molecular weight is 522 g/mol. The molecule has 0 radical (unpaired) electrons. The predicted octanol–water partition coefficient (Wildman–Crippen LogP) is 6.01. The highest BCUT2D eigenvalue weighted by atomic mass is 16.7. The molecule has 2 aromatic rings. The number of amidine groups is 1. The van der Waals surface area contributed by atoms with Gasteiger partial charge in [0.25, 0.3) is 0 Å². The lowest BCUT2D eigenvalue weighted by Gasteiger charge is -2.28. The molecule has 2 aliphatic heterocycles. The van der Waals surface area contributed by atoms with Gasteiger partial charge in [-0.05, 0) is 60.3 Å². The van der Waals surface area contributed by atoms with Gasteiger partial charge in [0.1, 0.15) is 17.3 Å². The molecule has 1 fully saturated rings. The molecule has 0 spiro atoms. The fourth-order valence-electron chi connectivity index (χ4n) is 5.20. The zero-order chi connectivity index (χ0) is 27.8. The number of aromatic hydroxyl groups is 1. The van der Waals surface area contributed by atoms with Gasteiger partial charge in [-0.2, -0.15) is 0 Å². The predicted molar refractivity (Wildman–Crippen MR) is 149 cm³/mol. The van der Waals surface area contributed by atoms with Crippen LogP contribution in [0.15, 0.2) is 18.2 Å². The number of phenols is 1. The Morgan fingerprint density at radius 1 is 1.13 bits per heavy atom. The van der Waals surface area contributed by atoms with Crippen LogP contribution in [0.4, 0.5) is 0 Å². The van der Waals surface area contributed by atoms with Crippen LogP contribution in [0.3, 0.4) is 0 Å². The van der Waals surface area contributed by atoms with E-state index >= 15 is 0 Å². The number of carbonyl (C=O) groups excluding carboxylic acids is 1. The van der Waals surface area contributed by atoms with E-state index in [9.17, 15) is 9.90 Å². The summed E-state index contributed by atoms with van der Waals surface area (Å²) < 4.78 is 11.7. The second-order valence-electron chi connectivity index (χ2n) is 12.6. The van der Waals surface area contributed by atoms with E-state index in [4.69, 9.17) is 19.9 Å². The van der Waals surface area contributed by atoms with Crippen molar-refractivity contribution in [3.8, 4) is 5.75 Å². The van der Waals surface area contributed by atoms with Crippen LogP contribution in [0.25, 0.3) is 0 Å². The highest BCUT2D eigenvalue weighted by molar-refractivity contribution is 6.04. The Morgan fingerprint density at radius 3 is 2.34 bits per heavy atom. The van der Waals surface area contributed by atoms with Crippen LogP contribution < -0.4 is 0 Å². The van der Waals surface area contributed by atoms with Crippen molar-refractivity contribution in [3.63, 3.8) is 0 Å². The number of nitrogens with one attached hydrogen (secondary N) is 1. The van der Waals surface area contributed by atoms with Gasteiger partial charge in [-0.15, -0.1) is 0 Å². The molecule has 1 atom stereocenters. The van der Waals surface area contributed by atoms with E-state index in [1.165, 1.54) is 0 Å². The van der Waals surface area contributed by atoms with Crippen molar-refractivity contribution >= 4 is 11.6 Å². The van der Waals surface area contributed by atoms with Crippen LogP contribution in [0.5, 0.6) is 5.75 Å². The van der Waals surface area contributed by atoms with Crippen LogP contribution in [-0.4, -0.2) is 46.1 Å². The van der Waals surface area contributed by atoms with Crippen molar-refractivity contribution < 1.29 is 19.4 Å². The lowest BCUT2D eigenvalue weighted by molar-refractivity contribution is -0.169. The summed E-state index contributed by atoms with van der Waals surface area (Å²) in [7, 11) is 0. The molecule has 2 N–H and O–H groups in total. The summed E-state index contributed by atoms with van der Waals surface area (Å²) in [5, 5.41) is 19.8. The first-order valence-corrected chi connectivity index (χ1v) is 13.8. The molecule has 1 saturated heterocycles. The normalized spacial score (nSPS) is 18.1. The van der Waals surface area contributed by atoms with E-state index in [1.807, 2.05) is 53.7 Å². The Hall–Kier alpha value is -2.77. The second-order valence-corrected chi connectivity index (χ2v) is 12.6. The Labute approximate surface area is 227 Å². The van der Waals surface area contributed by atoms with Gasteiger partial charge in [0, 0.05) is 41.1 Å². The summed E-state index contributed by atoms with van der Waals surface area (Å²) in [4.78, 5) is 20.2. The number of hydrogen-bond acceptors (Lipinski definition) is 6. The minimum atomic E-state index is -0.321. The molecule has 0 aliphatic carbocycles. The number of rotatable bonds is 7. The van der Waals surface area contributed by atoms with Gasteiger partial charge in [0.05, 0.1) is 13.2 Å². The number of hydrogen-bond donors (Lipinski definition) is 2. The van der Waals surface area contributed by atoms with Gasteiger partial charge in [0.2, 0.25) is 0 Å². The Bertz CT molecular complexity index is 1180. The molecule has 38 heavy (non-hydrogen) atoms. The van der Waals surface area contributed by atoms with E-state index in [-0.39, 0.29) is 41.0 Å². The first-order valence-electron chi connectivity index (χ1n) is 13.8. The molecule has 2 aliphatic rings. The van der Waals surface area contributed by atoms with Crippen LogP contribution in [0.2, 0.25) is 0 Å². The van der Waals surface area contributed by atoms with Gasteiger partial charge in [-0.3, -0.25) is 10.2 Å². The highest BCUT2D eigenvalue weighted by Crippen LogP contribution is 2.40. The maximum absolute atomic E-state index is 13.6. The summed E-state index contributed by atoms with van der Waals surface area (Å²) in [6, 6.07) is 5.71. The largest absolute Gasteiger partial charge is 0.507 e. The van der Waals surface area contributed by atoms with Gasteiger partial charge in [0.15, 0.2) is 12.1 Å². The fourth-order valence-corrected chi connectivity index (χ4v) is 5.20. The maximum Gasteiger partial charge on any atom is 0.182 e. The van der Waals surface area contributed by atoms with E-state index in [0.29, 0.717) is 24.4 Å². The number of Topliss-reactive ketones (excluding diaryl/α,β-unsaturated/α-hetero) is 1. The summed E-state index contributed by atoms with van der Waals surface area (Å²) in [5.74, 6) is 0.455. The van der Waals surface area contributed by atoms with Crippen molar-refractivity contribution in [1.82, 2.24) is 9.88 Å². The van der Waals surface area contributed by atoms with Crippen LogP contribution in [0.1, 0.15) is 112 Å². The van der Waals surface area contributed by atoms with Gasteiger partial charge in [-0.25, -0.2) is 4.98 Å². The first kappa shape index (κ1) is 28.2. The number of ketones is 1. The fraction of sp³-hybridized carbons (Fsp3) is 0.581. The zero-order valence-electron chi connectivity index (χ0n) is 24.0. The van der Waals surface area contributed by atoms with Gasteiger partial charge < -0.3 is 19.5 Å². The van der Waals surface area contributed by atoms with E-state index < -0.39 is 0 Å². The summed E-state index contributed by atoms with van der Waals surface area (Å²) in [6.45, 7) is 16.0. The number of fused-ring (bicyclic) bond motifs is 1. The number of aromatic nitrogens is 1. The molecule has 1 unspecified atom stereocenters. The third kappa shape index (κ3) is 5.94. The number of carbonyl (C=O) groups is 1. The SMILES string of the molecule is CCc1nc2c(cc1COC1CCCCO1)CN(CC(=O)c1cc(C(C)(C)C)c(O)c(C(C)(C)C)c1)C2=N. The molecule has 7 heteroatoms. The standard InChI is InChI=1S/C31H43N3O4/c1-8-24-21(18-38-26-11-9-10-12-37-26)13-20-16-34(29(32)27(20)33-24)17-25(35)19-14-22(30(2,3)4)28(36)23(15-19)31(5,6)7/h13-15,26,32,36H,8-12,16-18H2,1-7H3. The molecule has 0 bridgehead atoms. The lowest BCUT2D eigenvalue weighted by Crippen LogP contribution is -2.31. The van der Waals surface area contributed by atoms with Crippen molar-refractivity contribution in [2.75, 3.05) is 13.2 Å². The number of phenolic OH excluding ortho intramolecular Hbond substituents is 1. The summed E-state index contributed by atoms with van der Waals surface area (Å²) in [6.07, 6.45) is 3.67. The topological polar surface area (TPSA) is 95.7 Å². The number of pyridine rings is 1. The number of ether oxygens (including phenoxy) is 2. The maximum atomic E-state index is 13.6. The lowest BCUT2D eigenvalue weighted by atomic mass is 9.78. The third-order valence-electron chi connectivity index (χ3n) is 7.45. The smallest absolute Gasteiger partial charge is 0.182 e. The molecule has 0 saturated carbocycles. The van der Waals surface area contributed by atoms with Crippen LogP contribution in [-0.2, 0) is 39.9 Å². The molecule has 4 rings (SSSR count). The summed E-state index contributed by atoms with van der Waals surface area (Å²) >= 11 is 0. The van der Waals surface area contributed by atoms with E-state index in [1.54, 1.807) is 4.90 Å². The first-order chi connectivity index (χ1) is 17.8.